The van der Waals surface area contributed by atoms with Crippen LogP contribution in [-0.4, -0.2) is 47.2 Å². The average Bonchev–Trinajstić information content (AvgIpc) is 3.07. The summed E-state index contributed by atoms with van der Waals surface area (Å²) in [5.74, 6) is 0.0547. The molecule has 0 spiro atoms. The number of likely N-dealkylation sites (N-methyl/N-ethyl adjacent to an activating group) is 1. The molecule has 0 aromatic heterocycles. The Kier molecular flexibility index (Phi) is 4.05. The molecule has 4 nitrogen and oxygen atoms in total. The number of rotatable bonds is 6. The monoisotopic (exact) mass is 240 g/mol. The summed E-state index contributed by atoms with van der Waals surface area (Å²) >= 11 is 0. The van der Waals surface area contributed by atoms with Crippen molar-refractivity contribution in [2.45, 2.75) is 57.1 Å². The van der Waals surface area contributed by atoms with Crippen molar-refractivity contribution in [3.8, 4) is 0 Å². The van der Waals surface area contributed by atoms with Crippen LogP contribution in [0.5, 0.6) is 0 Å². The van der Waals surface area contributed by atoms with Crippen molar-refractivity contribution in [1.29, 1.82) is 0 Å². The first kappa shape index (κ1) is 12.8. The molecule has 2 saturated carbocycles. The van der Waals surface area contributed by atoms with Crippen LogP contribution in [0.1, 0.15) is 45.4 Å². The summed E-state index contributed by atoms with van der Waals surface area (Å²) in [4.78, 5) is 14.0. The highest BCUT2D eigenvalue weighted by Crippen LogP contribution is 2.28. The van der Waals surface area contributed by atoms with Gasteiger partial charge in [0.1, 0.15) is 0 Å². The Morgan fingerprint density at radius 3 is 2.59 bits per heavy atom. The van der Waals surface area contributed by atoms with Gasteiger partial charge in [-0.1, -0.05) is 19.8 Å². The summed E-state index contributed by atoms with van der Waals surface area (Å²) in [5.41, 5.74) is -0.633. The van der Waals surface area contributed by atoms with Gasteiger partial charge < -0.3 is 10.4 Å². The summed E-state index contributed by atoms with van der Waals surface area (Å²) in [6, 6.07) is 0.625. The maximum atomic E-state index is 11.8. The first-order chi connectivity index (χ1) is 8.13. The van der Waals surface area contributed by atoms with E-state index < -0.39 is 5.60 Å². The van der Waals surface area contributed by atoms with Crippen molar-refractivity contribution in [1.82, 2.24) is 10.2 Å². The van der Waals surface area contributed by atoms with Crippen molar-refractivity contribution in [2.75, 3.05) is 19.6 Å². The lowest BCUT2D eigenvalue weighted by Gasteiger charge is -2.24. The first-order valence-corrected chi connectivity index (χ1v) is 6.86. The number of hydrogen-bond acceptors (Lipinski definition) is 3. The van der Waals surface area contributed by atoms with E-state index in [1.807, 2.05) is 0 Å². The zero-order chi connectivity index (χ0) is 12.3. The maximum Gasteiger partial charge on any atom is 0.234 e. The predicted octanol–water partition coefficient (Wildman–Crippen LogP) is 0.892. The van der Waals surface area contributed by atoms with Crippen molar-refractivity contribution in [3.63, 3.8) is 0 Å². The highest BCUT2D eigenvalue weighted by molar-refractivity contribution is 5.78. The van der Waals surface area contributed by atoms with Gasteiger partial charge in [-0.15, -0.1) is 0 Å². The molecule has 17 heavy (non-hydrogen) atoms. The number of carbonyl (C=O) groups excluding carboxylic acids is 1. The van der Waals surface area contributed by atoms with Crippen molar-refractivity contribution in [3.05, 3.63) is 0 Å². The third kappa shape index (κ3) is 3.68. The molecule has 2 rings (SSSR count). The van der Waals surface area contributed by atoms with Crippen LogP contribution >= 0.6 is 0 Å². The summed E-state index contributed by atoms with van der Waals surface area (Å²) in [6.45, 7) is 3.93. The molecule has 0 bridgehead atoms. The Labute approximate surface area is 103 Å². The van der Waals surface area contributed by atoms with Gasteiger partial charge in [-0.2, -0.15) is 0 Å². The van der Waals surface area contributed by atoms with E-state index in [2.05, 4.69) is 17.1 Å². The molecule has 98 valence electrons. The molecule has 0 aromatic rings. The molecule has 4 heteroatoms. The Balaban J connectivity index is 1.69. The zero-order valence-electron chi connectivity index (χ0n) is 10.7. The van der Waals surface area contributed by atoms with Crippen LogP contribution < -0.4 is 5.32 Å². The van der Waals surface area contributed by atoms with E-state index >= 15 is 0 Å². The van der Waals surface area contributed by atoms with E-state index in [9.17, 15) is 9.90 Å². The third-order valence-electron chi connectivity index (χ3n) is 3.97. The molecule has 0 atom stereocenters. The third-order valence-corrected chi connectivity index (χ3v) is 3.97. The van der Waals surface area contributed by atoms with Gasteiger partial charge in [-0.3, -0.25) is 9.69 Å². The standard InChI is InChI=1S/C13H24N2O2/c1-2-15(11-5-6-11)9-12(16)14-10-13(17)7-3-4-8-13/h11,17H,2-10H2,1H3,(H,14,16). The molecule has 2 aliphatic carbocycles. The Bertz CT molecular complexity index is 271. The van der Waals surface area contributed by atoms with E-state index in [0.29, 0.717) is 19.1 Å². The van der Waals surface area contributed by atoms with Crippen LogP contribution in [-0.2, 0) is 4.79 Å². The zero-order valence-corrected chi connectivity index (χ0v) is 10.7. The summed E-state index contributed by atoms with van der Waals surface area (Å²) in [5, 5.41) is 13.0. The van der Waals surface area contributed by atoms with Gasteiger partial charge in [0.05, 0.1) is 12.1 Å². The minimum absolute atomic E-state index is 0.0547. The van der Waals surface area contributed by atoms with Crippen LogP contribution in [0.25, 0.3) is 0 Å². The molecule has 2 aliphatic rings. The van der Waals surface area contributed by atoms with Gasteiger partial charge in [0, 0.05) is 12.6 Å². The van der Waals surface area contributed by atoms with Crippen molar-refractivity contribution in [2.24, 2.45) is 0 Å². The minimum Gasteiger partial charge on any atom is -0.388 e. The summed E-state index contributed by atoms with van der Waals surface area (Å²) < 4.78 is 0. The van der Waals surface area contributed by atoms with E-state index in [-0.39, 0.29) is 5.91 Å². The Hall–Kier alpha value is -0.610. The maximum absolute atomic E-state index is 11.8. The lowest BCUT2D eigenvalue weighted by molar-refractivity contribution is -0.123. The van der Waals surface area contributed by atoms with Gasteiger partial charge in [-0.25, -0.2) is 0 Å². The van der Waals surface area contributed by atoms with E-state index in [1.165, 1.54) is 12.8 Å². The Morgan fingerprint density at radius 1 is 1.41 bits per heavy atom. The lowest BCUT2D eigenvalue weighted by Crippen LogP contribution is -2.45. The number of hydrogen-bond donors (Lipinski definition) is 2. The fraction of sp³-hybridized carbons (Fsp3) is 0.923. The molecular weight excluding hydrogens is 216 g/mol. The number of nitrogens with one attached hydrogen (secondary N) is 1. The lowest BCUT2D eigenvalue weighted by atomic mass is 10.0. The van der Waals surface area contributed by atoms with Gasteiger partial charge in [0.2, 0.25) is 5.91 Å². The fourth-order valence-electron chi connectivity index (χ4n) is 2.65. The number of carbonyl (C=O) groups is 1. The van der Waals surface area contributed by atoms with Crippen LogP contribution in [0, 0.1) is 0 Å². The highest BCUT2D eigenvalue weighted by atomic mass is 16.3. The minimum atomic E-state index is -0.633. The van der Waals surface area contributed by atoms with Crippen molar-refractivity contribution < 1.29 is 9.90 Å². The number of nitrogens with zero attached hydrogens (tertiary/aromatic N) is 1. The van der Waals surface area contributed by atoms with Gasteiger partial charge >= 0.3 is 0 Å². The molecule has 2 fully saturated rings. The second-order valence-electron chi connectivity index (χ2n) is 5.50. The van der Waals surface area contributed by atoms with Gasteiger partial charge in [0.25, 0.3) is 0 Å². The molecule has 0 unspecified atom stereocenters. The van der Waals surface area contributed by atoms with Gasteiger partial charge in [0.15, 0.2) is 0 Å². The molecule has 0 radical (unpaired) electrons. The van der Waals surface area contributed by atoms with Crippen LogP contribution in [0.2, 0.25) is 0 Å². The number of amides is 1. The molecule has 0 aromatic carbocycles. The van der Waals surface area contributed by atoms with Crippen LogP contribution in [0.15, 0.2) is 0 Å². The quantitative estimate of drug-likeness (QED) is 0.725. The smallest absolute Gasteiger partial charge is 0.234 e. The van der Waals surface area contributed by atoms with Crippen LogP contribution in [0.3, 0.4) is 0 Å². The molecule has 0 saturated heterocycles. The SMILES string of the molecule is CCN(CC(=O)NCC1(O)CCCC1)C1CC1. The number of aliphatic hydroxyl groups is 1. The highest BCUT2D eigenvalue weighted by Gasteiger charge is 2.32. The summed E-state index contributed by atoms with van der Waals surface area (Å²) in [6.07, 6.45) is 6.27. The largest absolute Gasteiger partial charge is 0.388 e. The average molecular weight is 240 g/mol. The second kappa shape index (κ2) is 5.36. The fourth-order valence-corrected chi connectivity index (χ4v) is 2.65. The first-order valence-electron chi connectivity index (χ1n) is 6.86. The van der Waals surface area contributed by atoms with Crippen molar-refractivity contribution >= 4 is 5.91 Å². The predicted molar refractivity (Wildman–Crippen MR) is 66.7 cm³/mol. The topological polar surface area (TPSA) is 52.6 Å². The second-order valence-corrected chi connectivity index (χ2v) is 5.50. The van der Waals surface area contributed by atoms with Crippen LogP contribution in [0.4, 0.5) is 0 Å². The van der Waals surface area contributed by atoms with E-state index in [4.69, 9.17) is 0 Å². The molecule has 0 aliphatic heterocycles. The molecule has 1 amide bonds. The van der Waals surface area contributed by atoms with E-state index in [1.54, 1.807) is 0 Å². The molecule has 2 N–H and O–H groups in total. The molecular formula is C13H24N2O2. The van der Waals surface area contributed by atoms with E-state index in [0.717, 1.165) is 32.2 Å². The Morgan fingerprint density at radius 2 is 2.06 bits per heavy atom. The van der Waals surface area contributed by atoms with Gasteiger partial charge in [-0.05, 0) is 32.2 Å². The normalized spacial score (nSPS) is 23.0. The molecule has 0 heterocycles. The summed E-state index contributed by atoms with van der Waals surface area (Å²) in [7, 11) is 0.